The zero-order chi connectivity index (χ0) is 18.4. The fraction of sp³-hybridized carbons (Fsp3) is 0.381. The van der Waals surface area contributed by atoms with Gasteiger partial charge in [-0.3, -0.25) is 4.79 Å². The summed E-state index contributed by atoms with van der Waals surface area (Å²) in [5.41, 5.74) is 2.05. The van der Waals surface area contributed by atoms with Crippen LogP contribution in [0.3, 0.4) is 0 Å². The van der Waals surface area contributed by atoms with Crippen LogP contribution in [-0.2, 0) is 21.1 Å². The van der Waals surface area contributed by atoms with E-state index in [4.69, 9.17) is 0 Å². The molecule has 2 aromatic rings. The van der Waals surface area contributed by atoms with Gasteiger partial charge in [0.25, 0.3) is 0 Å². The molecule has 0 saturated carbocycles. The van der Waals surface area contributed by atoms with Gasteiger partial charge in [0, 0.05) is 19.5 Å². The molecule has 1 heterocycles. The topological polar surface area (TPSA) is 54.5 Å². The smallest absolute Gasteiger partial charge is 0.222 e. The molecule has 0 spiro atoms. The first kappa shape index (κ1) is 18.6. The van der Waals surface area contributed by atoms with Crippen molar-refractivity contribution >= 4 is 15.7 Å². The summed E-state index contributed by atoms with van der Waals surface area (Å²) < 4.78 is 25.3. The average Bonchev–Trinajstić information content (AvgIpc) is 2.81. The standard InChI is InChI=1S/C21H25NO3S/c23-21(13-7-10-18-8-3-1-4-9-18)22-15-14-20(26(24,25)17-16-22)19-11-5-2-6-12-19/h1-6,8-9,11-12,20H,7,10,13-17H2. The van der Waals surface area contributed by atoms with E-state index in [0.717, 1.165) is 18.4 Å². The zero-order valence-corrected chi connectivity index (χ0v) is 15.7. The first-order valence-corrected chi connectivity index (χ1v) is 10.9. The third-order valence-electron chi connectivity index (χ3n) is 4.96. The summed E-state index contributed by atoms with van der Waals surface area (Å²) in [4.78, 5) is 14.3. The molecular formula is C21H25NO3S. The minimum Gasteiger partial charge on any atom is -0.342 e. The average molecular weight is 372 g/mol. The van der Waals surface area contributed by atoms with Gasteiger partial charge in [-0.05, 0) is 30.4 Å². The second kappa shape index (κ2) is 8.49. The number of sulfone groups is 1. The minimum atomic E-state index is -3.24. The molecule has 26 heavy (non-hydrogen) atoms. The van der Waals surface area contributed by atoms with Gasteiger partial charge in [-0.15, -0.1) is 0 Å². The normalized spacial score (nSPS) is 19.7. The lowest BCUT2D eigenvalue weighted by atomic mass is 10.1. The van der Waals surface area contributed by atoms with Gasteiger partial charge in [-0.25, -0.2) is 8.42 Å². The molecule has 1 fully saturated rings. The molecule has 3 rings (SSSR count). The third-order valence-corrected chi connectivity index (χ3v) is 7.09. The number of carbonyl (C=O) groups excluding carboxylic acids is 1. The largest absolute Gasteiger partial charge is 0.342 e. The maximum Gasteiger partial charge on any atom is 0.222 e. The molecular weight excluding hydrogens is 346 g/mol. The van der Waals surface area contributed by atoms with E-state index in [1.54, 1.807) is 4.90 Å². The first-order chi connectivity index (χ1) is 12.6. The summed E-state index contributed by atoms with van der Waals surface area (Å²) >= 11 is 0. The lowest BCUT2D eigenvalue weighted by Crippen LogP contribution is -2.33. The SMILES string of the molecule is O=C(CCCc1ccccc1)N1CCC(c2ccccc2)S(=O)(=O)CC1. The van der Waals surface area contributed by atoms with E-state index in [0.29, 0.717) is 25.9 Å². The Hall–Kier alpha value is -2.14. The summed E-state index contributed by atoms with van der Waals surface area (Å²) in [6, 6.07) is 19.4. The van der Waals surface area contributed by atoms with Crippen LogP contribution in [0, 0.1) is 0 Å². The van der Waals surface area contributed by atoms with Gasteiger partial charge in [-0.1, -0.05) is 60.7 Å². The van der Waals surface area contributed by atoms with E-state index in [1.807, 2.05) is 48.5 Å². The quantitative estimate of drug-likeness (QED) is 0.809. The first-order valence-electron chi connectivity index (χ1n) is 9.14. The fourth-order valence-electron chi connectivity index (χ4n) is 3.48. The van der Waals surface area contributed by atoms with E-state index in [1.165, 1.54) is 5.56 Å². The van der Waals surface area contributed by atoms with Crippen molar-refractivity contribution < 1.29 is 13.2 Å². The van der Waals surface area contributed by atoms with Crippen LogP contribution in [0.15, 0.2) is 60.7 Å². The summed E-state index contributed by atoms with van der Waals surface area (Å²) in [5.74, 6) is 0.0987. The van der Waals surface area contributed by atoms with Crippen LogP contribution >= 0.6 is 0 Å². The fourth-order valence-corrected chi connectivity index (χ4v) is 5.28. The molecule has 1 aliphatic rings. The van der Waals surface area contributed by atoms with Gasteiger partial charge in [0.2, 0.25) is 5.91 Å². The highest BCUT2D eigenvalue weighted by atomic mass is 32.2. The lowest BCUT2D eigenvalue weighted by Gasteiger charge is -2.20. The van der Waals surface area contributed by atoms with Gasteiger partial charge in [0.15, 0.2) is 9.84 Å². The van der Waals surface area contributed by atoms with Crippen molar-refractivity contribution in [1.82, 2.24) is 4.90 Å². The molecule has 1 saturated heterocycles. The molecule has 0 N–H and O–H groups in total. The Bertz CT molecular complexity index is 819. The highest BCUT2D eigenvalue weighted by Crippen LogP contribution is 2.29. The number of aryl methyl sites for hydroxylation is 1. The highest BCUT2D eigenvalue weighted by molar-refractivity contribution is 7.91. The van der Waals surface area contributed by atoms with Gasteiger partial charge in [-0.2, -0.15) is 0 Å². The summed E-state index contributed by atoms with van der Waals surface area (Å²) in [6.45, 7) is 0.804. The minimum absolute atomic E-state index is 0.0387. The third kappa shape index (κ3) is 4.73. The number of hydrogen-bond acceptors (Lipinski definition) is 3. The second-order valence-electron chi connectivity index (χ2n) is 6.77. The molecule has 1 unspecified atom stereocenters. The van der Waals surface area contributed by atoms with Crippen molar-refractivity contribution in [2.45, 2.75) is 30.9 Å². The number of rotatable bonds is 5. The molecule has 5 heteroatoms. The van der Waals surface area contributed by atoms with Crippen LogP contribution < -0.4 is 0 Å². The molecule has 1 aliphatic heterocycles. The second-order valence-corrected chi connectivity index (χ2v) is 9.08. The van der Waals surface area contributed by atoms with E-state index >= 15 is 0 Å². The molecule has 0 aliphatic carbocycles. The maximum atomic E-state index is 12.6. The van der Waals surface area contributed by atoms with E-state index in [2.05, 4.69) is 12.1 Å². The van der Waals surface area contributed by atoms with Crippen molar-refractivity contribution in [2.24, 2.45) is 0 Å². The number of carbonyl (C=O) groups is 1. The van der Waals surface area contributed by atoms with Crippen LogP contribution in [0.25, 0.3) is 0 Å². The Balaban J connectivity index is 1.58. The lowest BCUT2D eigenvalue weighted by molar-refractivity contribution is -0.131. The predicted octanol–water partition coefficient (Wildman–Crippen LogP) is 3.40. The molecule has 1 atom stereocenters. The van der Waals surface area contributed by atoms with Crippen molar-refractivity contribution in [3.8, 4) is 0 Å². The zero-order valence-electron chi connectivity index (χ0n) is 14.9. The molecule has 2 aromatic carbocycles. The number of hydrogen-bond donors (Lipinski definition) is 0. The number of benzene rings is 2. The molecule has 0 radical (unpaired) electrons. The number of amides is 1. The molecule has 1 amide bonds. The van der Waals surface area contributed by atoms with Crippen molar-refractivity contribution in [2.75, 3.05) is 18.8 Å². The molecule has 0 aromatic heterocycles. The number of nitrogens with zero attached hydrogens (tertiary/aromatic N) is 1. The summed E-state index contributed by atoms with van der Waals surface area (Å²) in [6.07, 6.45) is 2.58. The van der Waals surface area contributed by atoms with Crippen LogP contribution in [0.1, 0.15) is 35.6 Å². The van der Waals surface area contributed by atoms with E-state index < -0.39 is 15.1 Å². The van der Waals surface area contributed by atoms with Gasteiger partial charge >= 0.3 is 0 Å². The highest BCUT2D eigenvalue weighted by Gasteiger charge is 2.32. The molecule has 4 nitrogen and oxygen atoms in total. The Morgan fingerprint density at radius 2 is 1.62 bits per heavy atom. The van der Waals surface area contributed by atoms with E-state index in [-0.39, 0.29) is 11.7 Å². The van der Waals surface area contributed by atoms with Gasteiger partial charge in [0.1, 0.15) is 0 Å². The predicted molar refractivity (Wildman–Crippen MR) is 104 cm³/mol. The molecule has 0 bridgehead atoms. The van der Waals surface area contributed by atoms with Gasteiger partial charge < -0.3 is 4.90 Å². The van der Waals surface area contributed by atoms with Crippen LogP contribution in [0.4, 0.5) is 0 Å². The van der Waals surface area contributed by atoms with Crippen molar-refractivity contribution in [1.29, 1.82) is 0 Å². The van der Waals surface area contributed by atoms with Gasteiger partial charge in [0.05, 0.1) is 11.0 Å². The van der Waals surface area contributed by atoms with Crippen molar-refractivity contribution in [3.63, 3.8) is 0 Å². The summed E-state index contributed by atoms with van der Waals surface area (Å²) in [7, 11) is -3.24. The summed E-state index contributed by atoms with van der Waals surface area (Å²) in [5, 5.41) is -0.509. The maximum absolute atomic E-state index is 12.6. The Labute approximate surface area is 155 Å². The van der Waals surface area contributed by atoms with Crippen LogP contribution in [-0.4, -0.2) is 38.1 Å². The monoisotopic (exact) mass is 371 g/mol. The Morgan fingerprint density at radius 1 is 0.962 bits per heavy atom. The van der Waals surface area contributed by atoms with Crippen LogP contribution in [0.2, 0.25) is 0 Å². The van der Waals surface area contributed by atoms with E-state index in [9.17, 15) is 13.2 Å². The Morgan fingerprint density at radius 3 is 2.31 bits per heavy atom. The Kier molecular flexibility index (Phi) is 6.09. The van der Waals surface area contributed by atoms with Crippen LogP contribution in [0.5, 0.6) is 0 Å². The van der Waals surface area contributed by atoms with Crippen molar-refractivity contribution in [3.05, 3.63) is 71.8 Å². The molecule has 138 valence electrons.